The van der Waals surface area contributed by atoms with E-state index in [1.807, 2.05) is 0 Å². The Balaban J connectivity index is 1.73. The smallest absolute Gasteiger partial charge is 0.416 e. The molecule has 5 nitrogen and oxygen atoms in total. The summed E-state index contributed by atoms with van der Waals surface area (Å²) in [5.41, 5.74) is -2.83. The van der Waals surface area contributed by atoms with Crippen LogP contribution < -0.4 is 4.74 Å². The Bertz CT molecular complexity index is 989. The number of ether oxygens (including phenoxy) is 1. The summed E-state index contributed by atoms with van der Waals surface area (Å²) >= 11 is 5.82. The summed E-state index contributed by atoms with van der Waals surface area (Å²) in [6.07, 6.45) is -0.726. The van der Waals surface area contributed by atoms with Gasteiger partial charge in [0, 0.05) is 5.02 Å². The Kier molecular flexibility index (Phi) is 5.00. The third-order valence-electron chi connectivity index (χ3n) is 4.93. The number of aromatic nitrogens is 3. The first-order valence-electron chi connectivity index (χ1n) is 8.95. The monoisotopic (exact) mass is 423 g/mol. The van der Waals surface area contributed by atoms with E-state index in [-0.39, 0.29) is 23.8 Å². The van der Waals surface area contributed by atoms with Crippen molar-refractivity contribution in [1.29, 1.82) is 0 Å². The molecule has 0 radical (unpaired) electrons. The highest BCUT2D eigenvalue weighted by Gasteiger charge is 2.50. The topological polar surface area (TPSA) is 60.2 Å². The lowest BCUT2D eigenvalue weighted by Gasteiger charge is -2.31. The van der Waals surface area contributed by atoms with Crippen molar-refractivity contribution >= 4 is 11.6 Å². The van der Waals surface area contributed by atoms with Crippen LogP contribution in [-0.2, 0) is 18.3 Å². The normalized spacial score (nSPS) is 16.4. The maximum absolute atomic E-state index is 13.9. The van der Waals surface area contributed by atoms with Crippen molar-refractivity contribution in [3.8, 4) is 11.5 Å². The van der Waals surface area contributed by atoms with E-state index in [1.54, 1.807) is 24.3 Å². The summed E-state index contributed by atoms with van der Waals surface area (Å²) in [6, 6.07) is 9.92. The molecule has 3 aromatic rings. The zero-order valence-corrected chi connectivity index (χ0v) is 15.9. The number of halogens is 4. The van der Waals surface area contributed by atoms with Gasteiger partial charge in [0.15, 0.2) is 0 Å². The fourth-order valence-electron chi connectivity index (χ4n) is 3.39. The molecule has 1 fully saturated rings. The number of rotatable bonds is 6. The van der Waals surface area contributed by atoms with E-state index < -0.39 is 17.3 Å². The Labute approximate surface area is 169 Å². The molecule has 0 bridgehead atoms. The van der Waals surface area contributed by atoms with Crippen LogP contribution in [0, 0.1) is 5.92 Å². The highest BCUT2D eigenvalue weighted by molar-refractivity contribution is 6.30. The van der Waals surface area contributed by atoms with Crippen molar-refractivity contribution < 1.29 is 23.0 Å². The quantitative estimate of drug-likeness (QED) is 0.603. The molecule has 0 aliphatic heterocycles. The van der Waals surface area contributed by atoms with Gasteiger partial charge in [0.05, 0.1) is 12.1 Å². The SMILES string of the molecule is O[C@@](Cn1cncn1)(c1ccc(Oc2ccc(Cl)cc2)cc1C(F)(F)F)C1CC1. The molecule has 0 spiro atoms. The molecule has 1 aliphatic carbocycles. The minimum Gasteiger partial charge on any atom is -0.457 e. The van der Waals surface area contributed by atoms with Crippen LogP contribution in [0.5, 0.6) is 11.5 Å². The highest BCUT2D eigenvalue weighted by atomic mass is 35.5. The van der Waals surface area contributed by atoms with Crippen LogP contribution in [0.1, 0.15) is 24.0 Å². The number of hydrogen-bond acceptors (Lipinski definition) is 4. The Morgan fingerprint density at radius 3 is 2.34 bits per heavy atom. The second-order valence-corrected chi connectivity index (χ2v) is 7.49. The van der Waals surface area contributed by atoms with Gasteiger partial charge in [-0.05, 0) is 60.7 Å². The molecule has 1 saturated carbocycles. The van der Waals surface area contributed by atoms with Crippen LogP contribution >= 0.6 is 11.6 Å². The van der Waals surface area contributed by atoms with E-state index >= 15 is 0 Å². The van der Waals surface area contributed by atoms with Gasteiger partial charge in [-0.3, -0.25) is 0 Å². The molecule has 1 aliphatic rings. The van der Waals surface area contributed by atoms with E-state index in [1.165, 1.54) is 29.5 Å². The fraction of sp³-hybridized carbons (Fsp3) is 0.300. The predicted molar refractivity (Wildman–Crippen MR) is 99.6 cm³/mol. The molecule has 2 aromatic carbocycles. The summed E-state index contributed by atoms with van der Waals surface area (Å²) in [7, 11) is 0. The lowest BCUT2D eigenvalue weighted by Crippen LogP contribution is -2.36. The molecule has 1 atom stereocenters. The Morgan fingerprint density at radius 1 is 1.07 bits per heavy atom. The molecule has 4 rings (SSSR count). The van der Waals surface area contributed by atoms with Gasteiger partial charge in [0.2, 0.25) is 0 Å². The molecule has 152 valence electrons. The fourth-order valence-corrected chi connectivity index (χ4v) is 3.52. The third-order valence-corrected chi connectivity index (χ3v) is 5.19. The number of benzene rings is 2. The second kappa shape index (κ2) is 7.35. The summed E-state index contributed by atoms with van der Waals surface area (Å²) in [6.45, 7) is -0.113. The van der Waals surface area contributed by atoms with Gasteiger partial charge in [-0.1, -0.05) is 17.7 Å². The van der Waals surface area contributed by atoms with Gasteiger partial charge in [0.25, 0.3) is 0 Å². The average Bonchev–Trinajstić information content (AvgIpc) is 3.42. The molecule has 0 unspecified atom stereocenters. The van der Waals surface area contributed by atoms with E-state index in [9.17, 15) is 18.3 Å². The predicted octanol–water partition coefficient (Wildman–Crippen LogP) is 5.04. The summed E-state index contributed by atoms with van der Waals surface area (Å²) in [5, 5.41) is 15.7. The first kappa shape index (κ1) is 19.7. The largest absolute Gasteiger partial charge is 0.457 e. The molecule has 1 heterocycles. The molecular weight excluding hydrogens is 407 g/mol. The van der Waals surface area contributed by atoms with E-state index in [4.69, 9.17) is 16.3 Å². The minimum absolute atomic E-state index is 0.0160. The molecular formula is C20H17ClF3N3O2. The lowest BCUT2D eigenvalue weighted by atomic mass is 9.85. The summed E-state index contributed by atoms with van der Waals surface area (Å²) in [4.78, 5) is 3.81. The van der Waals surface area contributed by atoms with Crippen LogP contribution in [0.25, 0.3) is 0 Å². The average molecular weight is 424 g/mol. The lowest BCUT2D eigenvalue weighted by molar-refractivity contribution is -0.141. The molecule has 0 amide bonds. The van der Waals surface area contributed by atoms with E-state index in [0.29, 0.717) is 23.6 Å². The van der Waals surface area contributed by atoms with Crippen LogP contribution in [0.4, 0.5) is 13.2 Å². The van der Waals surface area contributed by atoms with E-state index in [0.717, 1.165) is 6.07 Å². The first-order valence-corrected chi connectivity index (χ1v) is 9.33. The van der Waals surface area contributed by atoms with Gasteiger partial charge in [-0.25, -0.2) is 9.67 Å². The Morgan fingerprint density at radius 2 is 1.76 bits per heavy atom. The van der Waals surface area contributed by atoms with Crippen LogP contribution in [0.3, 0.4) is 0 Å². The zero-order valence-electron chi connectivity index (χ0n) is 15.1. The summed E-state index contributed by atoms with van der Waals surface area (Å²) < 4.78 is 48.6. The van der Waals surface area contributed by atoms with Gasteiger partial charge in [-0.15, -0.1) is 0 Å². The van der Waals surface area contributed by atoms with Crippen molar-refractivity contribution in [2.45, 2.75) is 31.2 Å². The maximum atomic E-state index is 13.9. The molecule has 9 heteroatoms. The van der Waals surface area contributed by atoms with Crippen LogP contribution in [-0.4, -0.2) is 19.9 Å². The highest BCUT2D eigenvalue weighted by Crippen LogP contribution is 2.50. The molecule has 1 N–H and O–H groups in total. The van der Waals surface area contributed by atoms with E-state index in [2.05, 4.69) is 10.1 Å². The summed E-state index contributed by atoms with van der Waals surface area (Å²) in [5.74, 6) is 0.0912. The second-order valence-electron chi connectivity index (χ2n) is 7.05. The zero-order chi connectivity index (χ0) is 20.6. The van der Waals surface area contributed by atoms with Crippen molar-refractivity contribution in [3.63, 3.8) is 0 Å². The van der Waals surface area contributed by atoms with Gasteiger partial charge >= 0.3 is 6.18 Å². The number of nitrogens with zero attached hydrogens (tertiary/aromatic N) is 3. The standard InChI is InChI=1S/C20H17ClF3N3O2/c21-14-3-5-15(6-4-14)29-16-7-8-17(18(9-16)20(22,23)24)19(28,13-1-2-13)10-27-12-25-11-26-27/h3-9,11-13,28H,1-2,10H2/t19-/m1/s1. The number of alkyl halides is 3. The van der Waals surface area contributed by atoms with Crippen LogP contribution in [0.2, 0.25) is 5.02 Å². The van der Waals surface area contributed by atoms with Gasteiger partial charge < -0.3 is 9.84 Å². The van der Waals surface area contributed by atoms with Crippen molar-refractivity contribution in [2.24, 2.45) is 5.92 Å². The van der Waals surface area contributed by atoms with Crippen molar-refractivity contribution in [3.05, 3.63) is 71.3 Å². The molecule has 0 saturated heterocycles. The van der Waals surface area contributed by atoms with Crippen molar-refractivity contribution in [1.82, 2.24) is 14.8 Å². The third kappa shape index (κ3) is 4.23. The molecule has 1 aromatic heterocycles. The number of hydrogen-bond donors (Lipinski definition) is 1. The van der Waals surface area contributed by atoms with Crippen molar-refractivity contribution in [2.75, 3.05) is 0 Å². The maximum Gasteiger partial charge on any atom is 0.416 e. The first-order chi connectivity index (χ1) is 13.8. The molecule has 29 heavy (non-hydrogen) atoms. The number of aliphatic hydroxyl groups is 1. The Hall–Kier alpha value is -2.58. The van der Waals surface area contributed by atoms with Gasteiger partial charge in [-0.2, -0.15) is 18.3 Å². The minimum atomic E-state index is -4.67. The van der Waals surface area contributed by atoms with Gasteiger partial charge in [0.1, 0.15) is 29.8 Å². The van der Waals surface area contributed by atoms with Crippen LogP contribution in [0.15, 0.2) is 55.1 Å².